The van der Waals surface area contributed by atoms with Gasteiger partial charge in [-0.1, -0.05) is 43.3 Å². The van der Waals surface area contributed by atoms with Gasteiger partial charge in [0, 0.05) is 32.8 Å². The fraction of sp³-hybridized carbons (Fsp3) is 0.133. The van der Waals surface area contributed by atoms with Crippen LogP contribution in [0.5, 0.6) is 0 Å². The number of rotatable bonds is 9. The maximum absolute atomic E-state index is 13.2. The van der Waals surface area contributed by atoms with Crippen molar-refractivity contribution in [3.8, 4) is 17.2 Å². The van der Waals surface area contributed by atoms with Crippen LogP contribution in [0.15, 0.2) is 89.1 Å². The molecule has 9 heteroatoms. The zero-order valence-corrected chi connectivity index (χ0v) is 23.8. The summed E-state index contributed by atoms with van der Waals surface area (Å²) in [7, 11) is 0. The van der Waals surface area contributed by atoms with Crippen molar-refractivity contribution in [2.24, 2.45) is 0 Å². The molecule has 39 heavy (non-hydrogen) atoms. The summed E-state index contributed by atoms with van der Waals surface area (Å²) >= 11 is 8.26. The van der Waals surface area contributed by atoms with Crippen LogP contribution >= 0.6 is 35.3 Å². The molecule has 6 nitrogen and oxygen atoms in total. The average Bonchev–Trinajstić information content (AvgIpc) is 3.35. The number of benzene rings is 3. The van der Waals surface area contributed by atoms with Crippen LogP contribution in [0.2, 0.25) is 0 Å². The van der Waals surface area contributed by atoms with Gasteiger partial charge in [-0.25, -0.2) is 0 Å². The van der Waals surface area contributed by atoms with E-state index >= 15 is 0 Å². The molecule has 0 saturated heterocycles. The number of hydrogen-bond acceptors (Lipinski definition) is 6. The number of thioether (sulfide) groups is 1. The van der Waals surface area contributed by atoms with Gasteiger partial charge in [0.15, 0.2) is 10.9 Å². The molecule has 1 heterocycles. The van der Waals surface area contributed by atoms with Crippen molar-refractivity contribution in [2.75, 3.05) is 16.0 Å². The van der Waals surface area contributed by atoms with Gasteiger partial charge < -0.3 is 16.0 Å². The summed E-state index contributed by atoms with van der Waals surface area (Å²) in [6.07, 6.45) is 0.614. The first-order valence-corrected chi connectivity index (χ1v) is 14.4. The van der Waals surface area contributed by atoms with Crippen molar-refractivity contribution in [3.63, 3.8) is 0 Å². The SMILES string of the molecule is CCC(Sc1cccc(NC(=S)Nc2ccc(C(C)=O)cc2)c1)C(=O)Nc1scc(-c2ccccc2)c1C#N. The normalized spacial score (nSPS) is 11.2. The Labute approximate surface area is 241 Å². The molecule has 0 aliphatic carbocycles. The second kappa shape index (κ2) is 13.2. The first-order chi connectivity index (χ1) is 18.9. The van der Waals surface area contributed by atoms with E-state index < -0.39 is 0 Å². The zero-order valence-electron chi connectivity index (χ0n) is 21.4. The predicted molar refractivity (Wildman–Crippen MR) is 166 cm³/mol. The molecule has 1 unspecified atom stereocenters. The molecule has 0 spiro atoms. The quantitative estimate of drug-likeness (QED) is 0.107. The molecule has 3 N–H and O–H groups in total. The third-order valence-electron chi connectivity index (χ3n) is 5.81. The van der Waals surface area contributed by atoms with Crippen LogP contribution in [0.25, 0.3) is 11.1 Å². The summed E-state index contributed by atoms with van der Waals surface area (Å²) in [5.41, 5.74) is 4.42. The van der Waals surface area contributed by atoms with E-state index in [1.54, 1.807) is 24.3 Å². The second-order valence-corrected chi connectivity index (χ2v) is 11.1. The maximum Gasteiger partial charge on any atom is 0.238 e. The molecule has 0 aliphatic heterocycles. The molecule has 0 radical (unpaired) electrons. The highest BCUT2D eigenvalue weighted by molar-refractivity contribution is 8.00. The summed E-state index contributed by atoms with van der Waals surface area (Å²) in [5, 5.41) is 21.6. The van der Waals surface area contributed by atoms with Crippen molar-refractivity contribution in [1.29, 1.82) is 5.26 Å². The summed E-state index contributed by atoms with van der Waals surface area (Å²) in [5.74, 6) is -0.140. The molecule has 0 aliphatic rings. The van der Waals surface area contributed by atoms with Crippen molar-refractivity contribution in [1.82, 2.24) is 0 Å². The van der Waals surface area contributed by atoms with E-state index in [0.29, 0.717) is 27.7 Å². The molecule has 1 atom stereocenters. The minimum Gasteiger partial charge on any atom is -0.332 e. The number of amides is 1. The molecule has 1 amide bonds. The Kier molecular flexibility index (Phi) is 9.49. The smallest absolute Gasteiger partial charge is 0.238 e. The van der Waals surface area contributed by atoms with Crippen molar-refractivity contribution < 1.29 is 9.59 Å². The molecule has 196 valence electrons. The van der Waals surface area contributed by atoms with Gasteiger partial charge in [0.2, 0.25) is 5.91 Å². The minimum absolute atomic E-state index is 0.00783. The Morgan fingerprint density at radius 2 is 1.69 bits per heavy atom. The molecular weight excluding hydrogens is 545 g/mol. The van der Waals surface area contributed by atoms with Gasteiger partial charge in [-0.2, -0.15) is 5.26 Å². The largest absolute Gasteiger partial charge is 0.332 e. The zero-order chi connectivity index (χ0) is 27.8. The summed E-state index contributed by atoms with van der Waals surface area (Å²) in [6, 6.07) is 26.7. The van der Waals surface area contributed by atoms with E-state index in [2.05, 4.69) is 22.0 Å². The number of thiocarbonyl (C=S) groups is 1. The van der Waals surface area contributed by atoms with Gasteiger partial charge >= 0.3 is 0 Å². The summed E-state index contributed by atoms with van der Waals surface area (Å²) < 4.78 is 0. The van der Waals surface area contributed by atoms with Crippen LogP contribution in [0.1, 0.15) is 36.2 Å². The monoisotopic (exact) mass is 570 g/mol. The van der Waals surface area contributed by atoms with Crippen LogP contribution in [0, 0.1) is 11.3 Å². The highest BCUT2D eigenvalue weighted by Gasteiger charge is 2.22. The van der Waals surface area contributed by atoms with Crippen LogP contribution in [-0.2, 0) is 4.79 Å². The van der Waals surface area contributed by atoms with Gasteiger partial charge in [-0.3, -0.25) is 9.59 Å². The number of thiophene rings is 1. The van der Waals surface area contributed by atoms with Crippen molar-refractivity contribution in [2.45, 2.75) is 30.4 Å². The van der Waals surface area contributed by atoms with Crippen LogP contribution in [-0.4, -0.2) is 22.1 Å². The third-order valence-corrected chi connectivity index (χ3v) is 8.26. The number of hydrogen-bond donors (Lipinski definition) is 3. The van der Waals surface area contributed by atoms with Gasteiger partial charge in [-0.15, -0.1) is 23.1 Å². The lowest BCUT2D eigenvalue weighted by Gasteiger charge is -2.16. The van der Waals surface area contributed by atoms with E-state index in [1.165, 1.54) is 30.0 Å². The first-order valence-electron chi connectivity index (χ1n) is 12.2. The molecular formula is C30H26N4O2S3. The number of ketones is 1. The third kappa shape index (κ3) is 7.33. The number of carbonyl (C=O) groups is 2. The Morgan fingerprint density at radius 3 is 2.36 bits per heavy atom. The minimum atomic E-state index is -0.348. The van der Waals surface area contributed by atoms with E-state index in [0.717, 1.165) is 27.4 Å². The van der Waals surface area contributed by atoms with Gasteiger partial charge in [0.05, 0.1) is 10.8 Å². The van der Waals surface area contributed by atoms with Crippen molar-refractivity contribution >= 4 is 68.5 Å². The number of anilines is 3. The molecule has 0 bridgehead atoms. The number of nitriles is 1. The van der Waals surface area contributed by atoms with Gasteiger partial charge in [-0.05, 0) is 73.6 Å². The lowest BCUT2D eigenvalue weighted by Crippen LogP contribution is -2.24. The molecule has 0 fully saturated rings. The Bertz CT molecular complexity index is 1530. The lowest BCUT2D eigenvalue weighted by molar-refractivity contribution is -0.115. The topological polar surface area (TPSA) is 94.0 Å². The number of carbonyl (C=O) groups excluding carboxylic acids is 2. The number of Topliss-reactive ketones (excluding diaryl/α,β-unsaturated/α-hetero) is 1. The molecule has 0 saturated carbocycles. The highest BCUT2D eigenvalue weighted by Crippen LogP contribution is 2.36. The predicted octanol–water partition coefficient (Wildman–Crippen LogP) is 7.81. The molecule has 1 aromatic heterocycles. The fourth-order valence-electron chi connectivity index (χ4n) is 3.80. The van der Waals surface area contributed by atoms with E-state index in [1.807, 2.05) is 66.9 Å². The van der Waals surface area contributed by atoms with E-state index in [-0.39, 0.29) is 16.9 Å². The van der Waals surface area contributed by atoms with Gasteiger partial charge in [0.25, 0.3) is 0 Å². The lowest BCUT2D eigenvalue weighted by atomic mass is 10.1. The Morgan fingerprint density at radius 1 is 0.974 bits per heavy atom. The van der Waals surface area contributed by atoms with Crippen LogP contribution < -0.4 is 16.0 Å². The van der Waals surface area contributed by atoms with Gasteiger partial charge in [0.1, 0.15) is 11.1 Å². The van der Waals surface area contributed by atoms with E-state index in [4.69, 9.17) is 12.2 Å². The molecule has 3 aromatic carbocycles. The number of nitrogens with zero attached hydrogens (tertiary/aromatic N) is 1. The van der Waals surface area contributed by atoms with Crippen LogP contribution in [0.3, 0.4) is 0 Å². The molecule has 4 aromatic rings. The Hall–Kier alpha value is -3.97. The molecule has 4 rings (SSSR count). The standard InChI is InChI=1S/C30H26N4O2S3/c1-3-27(28(36)34-29-25(17-31)26(18-38-29)21-8-5-4-6-9-21)39-24-11-7-10-23(16-24)33-30(37)32-22-14-12-20(13-15-22)19(2)35/h4-16,18,27H,3H2,1-2H3,(H,34,36)(H2,32,33,37). The summed E-state index contributed by atoms with van der Waals surface area (Å²) in [4.78, 5) is 25.6. The maximum atomic E-state index is 13.2. The Balaban J connectivity index is 1.39. The van der Waals surface area contributed by atoms with Crippen molar-refractivity contribution in [3.05, 3.63) is 95.4 Å². The van der Waals surface area contributed by atoms with Crippen LogP contribution in [0.4, 0.5) is 16.4 Å². The summed E-state index contributed by atoms with van der Waals surface area (Å²) in [6.45, 7) is 3.49. The van der Waals surface area contributed by atoms with E-state index in [9.17, 15) is 14.9 Å². The highest BCUT2D eigenvalue weighted by atomic mass is 32.2. The fourth-order valence-corrected chi connectivity index (χ4v) is 5.97. The second-order valence-electron chi connectivity index (χ2n) is 8.58. The first kappa shape index (κ1) is 28.0. The average molecular weight is 571 g/mol. The number of nitrogens with one attached hydrogen (secondary N) is 3.